The van der Waals surface area contributed by atoms with Crippen LogP contribution in [0.1, 0.15) is 53.4 Å². The second kappa shape index (κ2) is 5.72. The third kappa shape index (κ3) is 3.25. The van der Waals surface area contributed by atoms with Gasteiger partial charge in [-0.2, -0.15) is 0 Å². The van der Waals surface area contributed by atoms with Crippen LogP contribution in [0.2, 0.25) is 0 Å². The number of nitrogens with one attached hydrogen (secondary N) is 1. The molecule has 1 aliphatic heterocycles. The van der Waals surface area contributed by atoms with Gasteiger partial charge in [-0.25, -0.2) is 5.01 Å². The van der Waals surface area contributed by atoms with Crippen molar-refractivity contribution in [3.8, 4) is 0 Å². The summed E-state index contributed by atoms with van der Waals surface area (Å²) in [6.45, 7) is 10.4. The van der Waals surface area contributed by atoms with Gasteiger partial charge in [-0.3, -0.25) is 5.43 Å². The third-order valence-corrected chi connectivity index (χ3v) is 3.51. The van der Waals surface area contributed by atoms with E-state index in [2.05, 4.69) is 38.1 Å². The minimum atomic E-state index is 0.711. The van der Waals surface area contributed by atoms with Crippen LogP contribution in [0.15, 0.2) is 0 Å². The average molecular weight is 198 g/mol. The summed E-state index contributed by atoms with van der Waals surface area (Å²) in [7, 11) is 0. The molecule has 1 rings (SSSR count). The summed E-state index contributed by atoms with van der Waals surface area (Å²) in [6.07, 6.45) is 5.35. The van der Waals surface area contributed by atoms with E-state index in [4.69, 9.17) is 0 Å². The molecule has 0 bridgehead atoms. The fraction of sp³-hybridized carbons (Fsp3) is 1.00. The molecule has 0 aromatic rings. The van der Waals surface area contributed by atoms with Gasteiger partial charge in [0.25, 0.3) is 0 Å². The number of nitrogens with zero attached hydrogens (tertiary/aromatic N) is 1. The highest BCUT2D eigenvalue weighted by molar-refractivity contribution is 4.76. The van der Waals surface area contributed by atoms with Crippen molar-refractivity contribution in [1.29, 1.82) is 0 Å². The van der Waals surface area contributed by atoms with Gasteiger partial charge in [0.05, 0.1) is 0 Å². The maximum Gasteiger partial charge on any atom is 0.0218 e. The number of hydrogen-bond donors (Lipinski definition) is 1. The molecule has 0 aromatic carbocycles. The molecular weight excluding hydrogens is 172 g/mol. The van der Waals surface area contributed by atoms with Gasteiger partial charge in [0.2, 0.25) is 0 Å². The molecule has 0 spiro atoms. The highest BCUT2D eigenvalue weighted by Crippen LogP contribution is 2.20. The van der Waals surface area contributed by atoms with Crippen molar-refractivity contribution in [2.45, 2.75) is 65.5 Å². The molecule has 0 amide bonds. The van der Waals surface area contributed by atoms with E-state index >= 15 is 0 Å². The van der Waals surface area contributed by atoms with E-state index in [0.29, 0.717) is 12.1 Å². The Morgan fingerprint density at radius 3 is 2.36 bits per heavy atom. The number of hydrazine groups is 1. The monoisotopic (exact) mass is 198 g/mol. The quantitative estimate of drug-likeness (QED) is 0.747. The predicted molar refractivity (Wildman–Crippen MR) is 62.1 cm³/mol. The minimum Gasteiger partial charge on any atom is -0.254 e. The summed E-state index contributed by atoms with van der Waals surface area (Å²) in [4.78, 5) is 0. The van der Waals surface area contributed by atoms with Crippen molar-refractivity contribution in [3.63, 3.8) is 0 Å². The Bertz CT molecular complexity index is 148. The minimum absolute atomic E-state index is 0.711. The third-order valence-electron chi connectivity index (χ3n) is 3.51. The highest BCUT2D eigenvalue weighted by atomic mass is 15.5. The van der Waals surface area contributed by atoms with Crippen LogP contribution >= 0.6 is 0 Å². The number of rotatable bonds is 4. The molecular formula is C12H26N2. The van der Waals surface area contributed by atoms with Gasteiger partial charge in [0, 0.05) is 18.6 Å². The molecule has 1 fully saturated rings. The second-order valence-electron chi connectivity index (χ2n) is 4.91. The van der Waals surface area contributed by atoms with E-state index in [1.54, 1.807) is 0 Å². The van der Waals surface area contributed by atoms with E-state index in [1.807, 2.05) is 0 Å². The molecule has 1 heterocycles. The maximum absolute atomic E-state index is 3.61. The standard InChI is InChI=1S/C12H26N2/c1-5-10(2)9-13-14-11(3)7-6-8-12(14)4/h10-13H,5-9H2,1-4H3. The number of hydrogen-bond acceptors (Lipinski definition) is 2. The fourth-order valence-corrected chi connectivity index (χ4v) is 2.14. The Balaban J connectivity index is 2.32. The lowest BCUT2D eigenvalue weighted by Crippen LogP contribution is -2.52. The summed E-state index contributed by atoms with van der Waals surface area (Å²) in [5.74, 6) is 0.788. The smallest absolute Gasteiger partial charge is 0.0218 e. The second-order valence-corrected chi connectivity index (χ2v) is 4.91. The van der Waals surface area contributed by atoms with E-state index in [9.17, 15) is 0 Å². The van der Waals surface area contributed by atoms with Crippen molar-refractivity contribution in [1.82, 2.24) is 10.4 Å². The van der Waals surface area contributed by atoms with Gasteiger partial charge in [0.15, 0.2) is 0 Å². The van der Waals surface area contributed by atoms with Gasteiger partial charge in [0.1, 0.15) is 0 Å². The van der Waals surface area contributed by atoms with Crippen LogP contribution in [-0.4, -0.2) is 23.6 Å². The zero-order chi connectivity index (χ0) is 10.6. The fourth-order valence-electron chi connectivity index (χ4n) is 2.14. The molecule has 0 aliphatic carbocycles. The Morgan fingerprint density at radius 2 is 1.86 bits per heavy atom. The van der Waals surface area contributed by atoms with Gasteiger partial charge in [-0.15, -0.1) is 0 Å². The topological polar surface area (TPSA) is 15.3 Å². The van der Waals surface area contributed by atoms with Crippen LogP contribution in [0.25, 0.3) is 0 Å². The first-order chi connectivity index (χ1) is 6.65. The molecule has 3 atom stereocenters. The zero-order valence-corrected chi connectivity index (χ0v) is 10.2. The first-order valence-electron chi connectivity index (χ1n) is 6.17. The Hall–Kier alpha value is -0.0800. The summed E-state index contributed by atoms with van der Waals surface area (Å²) in [6, 6.07) is 1.42. The normalized spacial score (nSPS) is 31.7. The predicted octanol–water partition coefficient (Wildman–Crippen LogP) is 2.80. The molecule has 0 aromatic heterocycles. The van der Waals surface area contributed by atoms with Crippen LogP contribution in [-0.2, 0) is 0 Å². The Labute approximate surface area is 89.0 Å². The first-order valence-corrected chi connectivity index (χ1v) is 6.17. The van der Waals surface area contributed by atoms with Gasteiger partial charge in [-0.05, 0) is 32.6 Å². The van der Waals surface area contributed by atoms with E-state index in [0.717, 1.165) is 12.5 Å². The lowest BCUT2D eigenvalue weighted by Gasteiger charge is -2.39. The van der Waals surface area contributed by atoms with Crippen molar-refractivity contribution in [2.75, 3.05) is 6.54 Å². The van der Waals surface area contributed by atoms with Crippen molar-refractivity contribution >= 4 is 0 Å². The van der Waals surface area contributed by atoms with E-state index < -0.39 is 0 Å². The van der Waals surface area contributed by atoms with Crippen LogP contribution in [0.3, 0.4) is 0 Å². The Kier molecular flexibility index (Phi) is 4.90. The molecule has 3 unspecified atom stereocenters. The van der Waals surface area contributed by atoms with Crippen molar-refractivity contribution in [2.24, 2.45) is 5.92 Å². The average Bonchev–Trinajstić information content (AvgIpc) is 2.16. The largest absolute Gasteiger partial charge is 0.254 e. The van der Waals surface area contributed by atoms with Crippen molar-refractivity contribution in [3.05, 3.63) is 0 Å². The summed E-state index contributed by atoms with van der Waals surface area (Å²) in [5.41, 5.74) is 3.61. The maximum atomic E-state index is 3.61. The molecule has 1 saturated heterocycles. The van der Waals surface area contributed by atoms with Gasteiger partial charge < -0.3 is 0 Å². The molecule has 1 aliphatic rings. The lowest BCUT2D eigenvalue weighted by molar-refractivity contribution is 0.0412. The van der Waals surface area contributed by atoms with Gasteiger partial charge in [-0.1, -0.05) is 26.7 Å². The Morgan fingerprint density at radius 1 is 1.29 bits per heavy atom. The molecule has 1 N–H and O–H groups in total. The van der Waals surface area contributed by atoms with Crippen molar-refractivity contribution < 1.29 is 0 Å². The first kappa shape index (κ1) is 12.0. The SMILES string of the molecule is CCC(C)CNN1C(C)CCCC1C. The molecule has 2 heteroatoms. The summed E-state index contributed by atoms with van der Waals surface area (Å²) < 4.78 is 0. The lowest BCUT2D eigenvalue weighted by atomic mass is 10.00. The highest BCUT2D eigenvalue weighted by Gasteiger charge is 2.24. The van der Waals surface area contributed by atoms with E-state index in [1.165, 1.54) is 25.7 Å². The van der Waals surface area contributed by atoms with Crippen LogP contribution < -0.4 is 5.43 Å². The summed E-state index contributed by atoms with van der Waals surface area (Å²) >= 11 is 0. The van der Waals surface area contributed by atoms with Gasteiger partial charge >= 0.3 is 0 Å². The van der Waals surface area contributed by atoms with Crippen LogP contribution in [0.5, 0.6) is 0 Å². The molecule has 14 heavy (non-hydrogen) atoms. The molecule has 84 valence electrons. The summed E-state index contributed by atoms with van der Waals surface area (Å²) in [5, 5.41) is 2.47. The van der Waals surface area contributed by atoms with Crippen LogP contribution in [0, 0.1) is 5.92 Å². The van der Waals surface area contributed by atoms with E-state index in [-0.39, 0.29) is 0 Å². The molecule has 0 saturated carbocycles. The molecule has 2 nitrogen and oxygen atoms in total. The number of piperidine rings is 1. The zero-order valence-electron chi connectivity index (χ0n) is 10.2. The van der Waals surface area contributed by atoms with Crippen LogP contribution in [0.4, 0.5) is 0 Å². The molecule has 0 radical (unpaired) electrons.